The van der Waals surface area contributed by atoms with Crippen molar-refractivity contribution in [1.29, 1.82) is 0 Å². The third-order valence-electron chi connectivity index (χ3n) is 6.72. The van der Waals surface area contributed by atoms with Crippen LogP contribution in [0.2, 0.25) is 10.0 Å². The lowest BCUT2D eigenvalue weighted by Gasteiger charge is -2.25. The molecule has 12 heteroatoms. The zero-order valence-electron chi connectivity index (χ0n) is 21.4. The highest BCUT2D eigenvalue weighted by Crippen LogP contribution is 2.26. The number of carbonyl (C=O) groups is 3. The van der Waals surface area contributed by atoms with Crippen LogP contribution >= 0.6 is 35.0 Å². The molecule has 0 unspecified atom stereocenters. The van der Waals surface area contributed by atoms with E-state index < -0.39 is 30.0 Å². The highest BCUT2D eigenvalue weighted by Gasteiger charge is 2.37. The molecule has 0 spiro atoms. The minimum atomic E-state index is -0.940. The van der Waals surface area contributed by atoms with Gasteiger partial charge in [-0.05, 0) is 55.8 Å². The fourth-order valence-corrected chi connectivity index (χ4v) is 6.11. The molecule has 2 atom stereocenters. The van der Waals surface area contributed by atoms with Crippen LogP contribution in [-0.4, -0.2) is 77.7 Å². The fourth-order valence-electron chi connectivity index (χ4n) is 4.46. The Morgan fingerprint density at radius 3 is 2.44 bits per heavy atom. The van der Waals surface area contributed by atoms with Crippen molar-refractivity contribution < 1.29 is 23.9 Å². The Bertz CT molecular complexity index is 1140. The molecule has 2 aliphatic rings. The van der Waals surface area contributed by atoms with Crippen LogP contribution in [0.15, 0.2) is 42.5 Å². The SMILES string of the molecule is NC(=O)[C@H](Cc1ccc(OCc2c(Cl)cccc2Cl)cc1)NC(=O)[C@H]1CSCN1C(=O)OCCN1CCCC1. The van der Waals surface area contributed by atoms with E-state index in [0.717, 1.165) is 31.5 Å². The van der Waals surface area contributed by atoms with Gasteiger partial charge in [0.25, 0.3) is 0 Å². The molecule has 2 heterocycles. The number of ether oxygens (including phenoxy) is 2. The van der Waals surface area contributed by atoms with Gasteiger partial charge in [-0.2, -0.15) is 0 Å². The Labute approximate surface area is 242 Å². The maximum Gasteiger partial charge on any atom is 0.411 e. The molecule has 0 radical (unpaired) electrons. The monoisotopic (exact) mass is 594 g/mol. The van der Waals surface area contributed by atoms with Gasteiger partial charge in [0.05, 0.1) is 5.88 Å². The number of nitrogens with zero attached hydrogens (tertiary/aromatic N) is 2. The summed E-state index contributed by atoms with van der Waals surface area (Å²) < 4.78 is 11.2. The minimum Gasteiger partial charge on any atom is -0.489 e. The number of nitrogens with one attached hydrogen (secondary N) is 1. The van der Waals surface area contributed by atoms with Gasteiger partial charge in [0, 0.05) is 34.3 Å². The van der Waals surface area contributed by atoms with Crippen LogP contribution in [0.5, 0.6) is 5.75 Å². The second kappa shape index (κ2) is 14.1. The number of rotatable bonds is 11. The number of benzene rings is 2. The third-order valence-corrected chi connectivity index (χ3v) is 8.44. The second-order valence-corrected chi connectivity index (χ2v) is 11.3. The molecule has 2 aromatic rings. The highest BCUT2D eigenvalue weighted by atomic mass is 35.5. The van der Waals surface area contributed by atoms with Crippen molar-refractivity contribution in [3.05, 3.63) is 63.6 Å². The molecule has 3 amide bonds. The topological polar surface area (TPSA) is 114 Å². The molecule has 0 saturated carbocycles. The van der Waals surface area contributed by atoms with Crippen molar-refractivity contribution in [2.24, 2.45) is 5.73 Å². The van der Waals surface area contributed by atoms with Gasteiger partial charge >= 0.3 is 6.09 Å². The number of carbonyl (C=O) groups excluding carboxylic acids is 3. The molecule has 2 fully saturated rings. The van der Waals surface area contributed by atoms with E-state index in [9.17, 15) is 14.4 Å². The molecule has 3 N–H and O–H groups in total. The van der Waals surface area contributed by atoms with Crippen molar-refractivity contribution in [3.8, 4) is 5.75 Å². The first-order valence-electron chi connectivity index (χ1n) is 12.8. The lowest BCUT2D eigenvalue weighted by Crippen LogP contribution is -2.53. The molecular weight excluding hydrogens is 563 g/mol. The largest absolute Gasteiger partial charge is 0.489 e. The van der Waals surface area contributed by atoms with Gasteiger partial charge in [-0.15, -0.1) is 11.8 Å². The van der Waals surface area contributed by atoms with E-state index in [1.54, 1.807) is 42.5 Å². The molecule has 39 heavy (non-hydrogen) atoms. The number of thioether (sulfide) groups is 1. The first kappa shape index (κ1) is 29.3. The fraction of sp³-hybridized carbons (Fsp3) is 0.444. The molecule has 2 saturated heterocycles. The van der Waals surface area contributed by atoms with Crippen LogP contribution in [-0.2, 0) is 27.4 Å². The normalized spacial score (nSPS) is 18.1. The molecule has 210 valence electrons. The summed E-state index contributed by atoms with van der Waals surface area (Å²) in [7, 11) is 0. The van der Waals surface area contributed by atoms with E-state index >= 15 is 0 Å². The first-order chi connectivity index (χ1) is 18.8. The number of halogens is 2. The van der Waals surface area contributed by atoms with Gasteiger partial charge in [0.15, 0.2) is 0 Å². The van der Waals surface area contributed by atoms with Gasteiger partial charge in [0.2, 0.25) is 11.8 Å². The number of likely N-dealkylation sites (tertiary alicyclic amines) is 1. The Balaban J connectivity index is 1.28. The van der Waals surface area contributed by atoms with E-state index in [1.165, 1.54) is 16.7 Å². The Hall–Kier alpha value is -2.66. The number of nitrogens with two attached hydrogens (primary N) is 1. The van der Waals surface area contributed by atoms with Gasteiger partial charge in [-0.3, -0.25) is 19.4 Å². The maximum atomic E-state index is 13.0. The molecule has 4 rings (SSSR count). The lowest BCUT2D eigenvalue weighted by molar-refractivity contribution is -0.129. The molecule has 2 aliphatic heterocycles. The average Bonchev–Trinajstić information content (AvgIpc) is 3.61. The van der Waals surface area contributed by atoms with Gasteiger partial charge in [-0.1, -0.05) is 41.4 Å². The number of primary amides is 1. The maximum absolute atomic E-state index is 13.0. The summed E-state index contributed by atoms with van der Waals surface area (Å²) in [6, 6.07) is 10.7. The summed E-state index contributed by atoms with van der Waals surface area (Å²) in [6.45, 7) is 3.20. The third kappa shape index (κ3) is 8.17. The standard InChI is InChI=1S/C27H32Cl2N4O5S/c28-21-4-3-5-22(29)20(21)15-38-19-8-6-18(7-9-19)14-23(25(30)34)31-26(35)24-16-39-17-33(24)27(36)37-13-12-32-10-1-2-11-32/h3-9,23-24H,1-2,10-17H2,(H2,30,34)(H,31,35)/t23-,24+/m0/s1. The van der Waals surface area contributed by atoms with E-state index in [1.807, 2.05) is 0 Å². The summed E-state index contributed by atoms with van der Waals surface area (Å²) in [5.41, 5.74) is 7.07. The Morgan fingerprint density at radius 1 is 1.08 bits per heavy atom. The van der Waals surface area contributed by atoms with Crippen molar-refractivity contribution in [3.63, 3.8) is 0 Å². The van der Waals surface area contributed by atoms with E-state index in [2.05, 4.69) is 10.2 Å². The van der Waals surface area contributed by atoms with Crippen LogP contribution in [0.4, 0.5) is 4.79 Å². The average molecular weight is 596 g/mol. The van der Waals surface area contributed by atoms with Gasteiger partial charge in [0.1, 0.15) is 31.0 Å². The number of hydrogen-bond donors (Lipinski definition) is 2. The van der Waals surface area contributed by atoms with Crippen LogP contribution < -0.4 is 15.8 Å². The quantitative estimate of drug-likeness (QED) is 0.408. The highest BCUT2D eigenvalue weighted by molar-refractivity contribution is 7.99. The van der Waals surface area contributed by atoms with Gasteiger partial charge in [-0.25, -0.2) is 4.79 Å². The van der Waals surface area contributed by atoms with Crippen molar-refractivity contribution in [2.75, 3.05) is 37.9 Å². The summed E-state index contributed by atoms with van der Waals surface area (Å²) in [4.78, 5) is 41.5. The Morgan fingerprint density at radius 2 is 1.77 bits per heavy atom. The predicted octanol–water partition coefficient (Wildman–Crippen LogP) is 3.69. The van der Waals surface area contributed by atoms with Crippen molar-refractivity contribution >= 4 is 52.9 Å². The Kier molecular flexibility index (Phi) is 10.6. The van der Waals surface area contributed by atoms with Crippen molar-refractivity contribution in [1.82, 2.24) is 15.1 Å². The van der Waals surface area contributed by atoms with E-state index in [0.29, 0.717) is 39.5 Å². The van der Waals surface area contributed by atoms with Crippen LogP contribution in [0, 0.1) is 0 Å². The van der Waals surface area contributed by atoms with Crippen molar-refractivity contribution in [2.45, 2.75) is 38.0 Å². The summed E-state index contributed by atoms with van der Waals surface area (Å²) >= 11 is 13.8. The second-order valence-electron chi connectivity index (χ2n) is 9.45. The minimum absolute atomic E-state index is 0.192. The molecule has 9 nitrogen and oxygen atoms in total. The molecule has 0 aromatic heterocycles. The van der Waals surface area contributed by atoms with Crippen LogP contribution in [0.1, 0.15) is 24.0 Å². The zero-order valence-corrected chi connectivity index (χ0v) is 23.8. The summed E-state index contributed by atoms with van der Waals surface area (Å²) in [6.07, 6.45) is 1.99. The van der Waals surface area contributed by atoms with E-state index in [-0.39, 0.29) is 19.6 Å². The number of hydrogen-bond acceptors (Lipinski definition) is 7. The molecule has 0 bridgehead atoms. The molecular formula is C27H32Cl2N4O5S. The van der Waals surface area contributed by atoms with Gasteiger partial charge < -0.3 is 20.5 Å². The predicted molar refractivity (Wildman–Crippen MR) is 152 cm³/mol. The lowest BCUT2D eigenvalue weighted by atomic mass is 10.0. The molecule has 2 aromatic carbocycles. The zero-order chi connectivity index (χ0) is 27.8. The van der Waals surface area contributed by atoms with Crippen LogP contribution in [0.25, 0.3) is 0 Å². The first-order valence-corrected chi connectivity index (χ1v) is 14.7. The van der Waals surface area contributed by atoms with Crippen LogP contribution in [0.3, 0.4) is 0 Å². The van der Waals surface area contributed by atoms with E-state index in [4.69, 9.17) is 38.4 Å². The smallest absolute Gasteiger partial charge is 0.411 e. The molecule has 0 aliphatic carbocycles. The summed E-state index contributed by atoms with van der Waals surface area (Å²) in [5.74, 6) is 0.263. The summed E-state index contributed by atoms with van der Waals surface area (Å²) in [5, 5.41) is 3.77. The number of amides is 3.